The Bertz CT molecular complexity index is 1350. The SMILES string of the molecule is COc1ccc(-c2c(C)nc3c(N4CCC(F)(F)CC4)c(-c4ccccc4)[nH]n3c2=O)cc1. The number of anilines is 1. The Balaban J connectivity index is 1.72. The molecule has 1 N–H and O–H groups in total. The zero-order valence-corrected chi connectivity index (χ0v) is 18.4. The molecular formula is C25H24F2N4O2. The molecule has 4 aromatic rings. The summed E-state index contributed by atoms with van der Waals surface area (Å²) in [7, 11) is 1.59. The third-order valence-corrected chi connectivity index (χ3v) is 6.19. The number of hydrogen-bond donors (Lipinski definition) is 1. The number of halogens is 2. The van der Waals surface area contributed by atoms with Gasteiger partial charge in [0, 0.05) is 31.5 Å². The second-order valence-corrected chi connectivity index (χ2v) is 8.31. The number of piperidine rings is 1. The average Bonchev–Trinajstić information content (AvgIpc) is 3.20. The number of H-pyrrole nitrogens is 1. The quantitative estimate of drug-likeness (QED) is 0.480. The number of ether oxygens (including phenoxy) is 1. The van der Waals surface area contributed by atoms with E-state index in [0.29, 0.717) is 34.0 Å². The van der Waals surface area contributed by atoms with Crippen LogP contribution in [0.4, 0.5) is 14.5 Å². The van der Waals surface area contributed by atoms with Crippen molar-refractivity contribution in [2.75, 3.05) is 25.1 Å². The van der Waals surface area contributed by atoms with Gasteiger partial charge in [-0.05, 0) is 24.6 Å². The van der Waals surface area contributed by atoms with Crippen LogP contribution in [0.1, 0.15) is 18.5 Å². The van der Waals surface area contributed by atoms with Gasteiger partial charge in [0.2, 0.25) is 0 Å². The van der Waals surface area contributed by atoms with Gasteiger partial charge in [-0.25, -0.2) is 13.8 Å². The summed E-state index contributed by atoms with van der Waals surface area (Å²) in [5, 5.41) is 3.21. The number of nitrogens with one attached hydrogen (secondary N) is 1. The van der Waals surface area contributed by atoms with E-state index in [1.807, 2.05) is 47.4 Å². The van der Waals surface area contributed by atoms with Crippen LogP contribution in [-0.4, -0.2) is 40.7 Å². The molecule has 0 amide bonds. The van der Waals surface area contributed by atoms with Gasteiger partial charge in [0.1, 0.15) is 11.4 Å². The zero-order chi connectivity index (χ0) is 23.2. The minimum absolute atomic E-state index is 0.190. The first-order chi connectivity index (χ1) is 15.9. The molecule has 0 saturated carbocycles. The number of alkyl halides is 2. The second kappa shape index (κ2) is 8.03. The number of methoxy groups -OCH3 is 1. The number of rotatable bonds is 4. The lowest BCUT2D eigenvalue weighted by molar-refractivity contribution is -0.0220. The lowest BCUT2D eigenvalue weighted by Gasteiger charge is -2.33. The molecule has 1 fully saturated rings. The molecule has 8 heteroatoms. The normalized spacial score (nSPS) is 15.7. The van der Waals surface area contributed by atoms with Crippen molar-refractivity contribution in [3.63, 3.8) is 0 Å². The van der Waals surface area contributed by atoms with Crippen molar-refractivity contribution in [2.24, 2.45) is 0 Å². The number of aryl methyl sites for hydroxylation is 1. The Kier molecular flexibility index (Phi) is 5.15. The predicted molar refractivity (Wildman–Crippen MR) is 124 cm³/mol. The molecule has 0 bridgehead atoms. The van der Waals surface area contributed by atoms with Gasteiger partial charge in [-0.2, -0.15) is 4.52 Å². The molecule has 1 aliphatic rings. The highest BCUT2D eigenvalue weighted by Gasteiger charge is 2.36. The molecule has 1 saturated heterocycles. The van der Waals surface area contributed by atoms with Crippen LogP contribution in [0.5, 0.6) is 5.75 Å². The maximum Gasteiger partial charge on any atom is 0.280 e. The van der Waals surface area contributed by atoms with E-state index >= 15 is 0 Å². The fourth-order valence-electron chi connectivity index (χ4n) is 4.42. The van der Waals surface area contributed by atoms with Crippen molar-refractivity contribution in [2.45, 2.75) is 25.7 Å². The lowest BCUT2D eigenvalue weighted by Crippen LogP contribution is -2.39. The molecule has 0 unspecified atom stereocenters. The van der Waals surface area contributed by atoms with E-state index in [1.165, 1.54) is 4.52 Å². The van der Waals surface area contributed by atoms with E-state index in [4.69, 9.17) is 9.72 Å². The molecule has 0 spiro atoms. The van der Waals surface area contributed by atoms with Crippen molar-refractivity contribution in [3.05, 3.63) is 70.6 Å². The Morgan fingerprint density at radius 1 is 1.00 bits per heavy atom. The van der Waals surface area contributed by atoms with Gasteiger partial charge in [-0.1, -0.05) is 42.5 Å². The van der Waals surface area contributed by atoms with Gasteiger partial charge < -0.3 is 9.64 Å². The summed E-state index contributed by atoms with van der Waals surface area (Å²) in [4.78, 5) is 20.3. The number of aromatic nitrogens is 3. The smallest absolute Gasteiger partial charge is 0.280 e. The molecular weight excluding hydrogens is 426 g/mol. The highest BCUT2D eigenvalue weighted by Crippen LogP contribution is 2.38. The first-order valence-electron chi connectivity index (χ1n) is 10.9. The number of benzene rings is 2. The monoisotopic (exact) mass is 450 g/mol. The molecule has 170 valence electrons. The first-order valence-corrected chi connectivity index (χ1v) is 10.9. The Morgan fingerprint density at radius 2 is 1.67 bits per heavy atom. The maximum atomic E-state index is 13.9. The summed E-state index contributed by atoms with van der Waals surface area (Å²) < 4.78 is 34.4. The van der Waals surface area contributed by atoms with Crippen LogP contribution < -0.4 is 15.2 Å². The number of nitrogens with zero attached hydrogens (tertiary/aromatic N) is 3. The summed E-state index contributed by atoms with van der Waals surface area (Å²) in [6, 6.07) is 16.8. The minimum Gasteiger partial charge on any atom is -0.497 e. The molecule has 6 nitrogen and oxygen atoms in total. The zero-order valence-electron chi connectivity index (χ0n) is 18.4. The summed E-state index contributed by atoms with van der Waals surface area (Å²) in [6.45, 7) is 2.18. The standard InChI is InChI=1S/C25H24F2N4O2/c1-16-20(17-8-10-19(33-2)11-9-17)24(32)31-23(28-16)22(30-14-12-25(26,27)13-15-30)21(29-31)18-6-4-3-5-7-18/h3-11,29H,12-15H2,1-2H3. The topological polar surface area (TPSA) is 62.6 Å². The highest BCUT2D eigenvalue weighted by molar-refractivity contribution is 5.87. The van der Waals surface area contributed by atoms with E-state index < -0.39 is 5.92 Å². The van der Waals surface area contributed by atoms with Crippen molar-refractivity contribution in [1.82, 2.24) is 14.6 Å². The third kappa shape index (κ3) is 3.75. The molecule has 2 aromatic carbocycles. The van der Waals surface area contributed by atoms with Gasteiger partial charge in [0.15, 0.2) is 5.65 Å². The summed E-state index contributed by atoms with van der Waals surface area (Å²) in [5.41, 5.74) is 4.22. The Labute approximate surface area is 189 Å². The van der Waals surface area contributed by atoms with Gasteiger partial charge >= 0.3 is 0 Å². The maximum absolute atomic E-state index is 13.9. The van der Waals surface area contributed by atoms with Gasteiger partial charge in [0.05, 0.1) is 24.1 Å². The first kappa shape index (κ1) is 21.2. The van der Waals surface area contributed by atoms with Crippen molar-refractivity contribution >= 4 is 11.3 Å². The van der Waals surface area contributed by atoms with Crippen molar-refractivity contribution < 1.29 is 13.5 Å². The number of hydrogen-bond acceptors (Lipinski definition) is 4. The number of aromatic amines is 1. The van der Waals surface area contributed by atoms with E-state index in [2.05, 4.69) is 5.10 Å². The third-order valence-electron chi connectivity index (χ3n) is 6.19. The second-order valence-electron chi connectivity index (χ2n) is 8.31. The van der Waals surface area contributed by atoms with Gasteiger partial charge in [-0.3, -0.25) is 9.89 Å². The molecule has 0 radical (unpaired) electrons. The van der Waals surface area contributed by atoms with Crippen LogP contribution in [0.25, 0.3) is 28.0 Å². The molecule has 0 atom stereocenters. The highest BCUT2D eigenvalue weighted by atomic mass is 19.3. The van der Waals surface area contributed by atoms with Gasteiger partial charge in [0.25, 0.3) is 11.5 Å². The Hall–Kier alpha value is -3.68. The Morgan fingerprint density at radius 3 is 2.30 bits per heavy atom. The van der Waals surface area contributed by atoms with E-state index in [1.54, 1.807) is 26.2 Å². The summed E-state index contributed by atoms with van der Waals surface area (Å²) >= 11 is 0. The van der Waals surface area contributed by atoms with Crippen LogP contribution in [0.2, 0.25) is 0 Å². The van der Waals surface area contributed by atoms with Crippen molar-refractivity contribution in [1.29, 1.82) is 0 Å². The van der Waals surface area contributed by atoms with E-state index in [0.717, 1.165) is 11.1 Å². The molecule has 3 heterocycles. The number of fused-ring (bicyclic) bond motifs is 1. The van der Waals surface area contributed by atoms with E-state index in [9.17, 15) is 13.6 Å². The molecule has 0 aliphatic carbocycles. The lowest BCUT2D eigenvalue weighted by atomic mass is 10.0. The molecule has 5 rings (SSSR count). The molecule has 2 aromatic heterocycles. The fourth-order valence-corrected chi connectivity index (χ4v) is 4.42. The summed E-state index contributed by atoms with van der Waals surface area (Å²) in [6.07, 6.45) is -0.461. The van der Waals surface area contributed by atoms with Crippen LogP contribution in [0.3, 0.4) is 0 Å². The minimum atomic E-state index is -2.67. The average molecular weight is 450 g/mol. The van der Waals surface area contributed by atoms with Crippen LogP contribution in [0.15, 0.2) is 59.4 Å². The van der Waals surface area contributed by atoms with E-state index in [-0.39, 0.29) is 31.5 Å². The predicted octanol–water partition coefficient (Wildman–Crippen LogP) is 4.91. The van der Waals surface area contributed by atoms with Gasteiger partial charge in [-0.15, -0.1) is 0 Å². The van der Waals surface area contributed by atoms with Crippen molar-refractivity contribution in [3.8, 4) is 28.1 Å². The largest absolute Gasteiger partial charge is 0.497 e. The molecule has 1 aliphatic heterocycles. The fraction of sp³-hybridized carbons (Fsp3) is 0.280. The summed E-state index contributed by atoms with van der Waals surface area (Å²) in [5.74, 6) is -1.97. The van der Waals surface area contributed by atoms with Crippen LogP contribution in [0, 0.1) is 6.92 Å². The van der Waals surface area contributed by atoms with Crippen LogP contribution >= 0.6 is 0 Å². The molecule has 33 heavy (non-hydrogen) atoms. The van der Waals surface area contributed by atoms with Crippen LogP contribution in [-0.2, 0) is 0 Å².